The quantitative estimate of drug-likeness (QED) is 0.300. The molecule has 3 aromatic rings. The lowest BCUT2D eigenvalue weighted by atomic mass is 10.0. The molecule has 0 bridgehead atoms. The van der Waals surface area contributed by atoms with Crippen LogP contribution >= 0.6 is 11.3 Å². The number of benzene rings is 2. The van der Waals surface area contributed by atoms with Gasteiger partial charge in [-0.15, -0.1) is 11.3 Å². The van der Waals surface area contributed by atoms with Crippen LogP contribution in [-0.4, -0.2) is 18.8 Å². The Hall–Kier alpha value is -3.18. The average molecular weight is 363 g/mol. The minimum atomic E-state index is -0.458. The predicted octanol–water partition coefficient (Wildman–Crippen LogP) is 4.66. The summed E-state index contributed by atoms with van der Waals surface area (Å²) in [6, 6.07) is 19.5. The Labute approximate surface area is 155 Å². The van der Waals surface area contributed by atoms with Crippen molar-refractivity contribution in [3.05, 3.63) is 88.1 Å². The third-order valence-corrected chi connectivity index (χ3v) is 4.50. The summed E-state index contributed by atoms with van der Waals surface area (Å²) < 4.78 is 5.17. The maximum atomic E-state index is 12.9. The number of ketones is 1. The minimum Gasteiger partial charge on any atom is -0.497 e. The number of ether oxygens (including phenoxy) is 1. The zero-order valence-corrected chi connectivity index (χ0v) is 15.0. The van der Waals surface area contributed by atoms with Gasteiger partial charge in [-0.2, -0.15) is 0 Å². The monoisotopic (exact) mass is 363 g/mol. The molecule has 5 heteroatoms. The number of amides is 1. The van der Waals surface area contributed by atoms with Crippen molar-refractivity contribution in [1.82, 2.24) is 0 Å². The molecule has 0 aliphatic rings. The summed E-state index contributed by atoms with van der Waals surface area (Å²) in [4.78, 5) is 26.5. The zero-order valence-electron chi connectivity index (χ0n) is 14.1. The van der Waals surface area contributed by atoms with Crippen LogP contribution in [0.5, 0.6) is 5.75 Å². The molecule has 0 saturated heterocycles. The van der Waals surface area contributed by atoms with Crippen LogP contribution in [0, 0.1) is 0 Å². The Bertz CT molecular complexity index is 931. The molecule has 0 atom stereocenters. The van der Waals surface area contributed by atoms with Gasteiger partial charge in [-0.1, -0.05) is 42.5 Å². The highest BCUT2D eigenvalue weighted by Gasteiger charge is 2.20. The number of carbonyl (C=O) groups excluding carboxylic acids is 2. The van der Waals surface area contributed by atoms with Gasteiger partial charge in [-0.25, -0.2) is 0 Å². The maximum Gasteiger partial charge on any atom is 0.259 e. The van der Waals surface area contributed by atoms with Crippen molar-refractivity contribution in [3.63, 3.8) is 0 Å². The second-order valence-corrected chi connectivity index (χ2v) is 6.43. The summed E-state index contributed by atoms with van der Waals surface area (Å²) in [5.41, 5.74) is 1.12. The zero-order chi connectivity index (χ0) is 18.4. The minimum absolute atomic E-state index is 0.0847. The highest BCUT2D eigenvalue weighted by atomic mass is 32.1. The highest BCUT2D eigenvalue weighted by Crippen LogP contribution is 2.21. The summed E-state index contributed by atoms with van der Waals surface area (Å²) in [5.74, 6) is -0.152. The van der Waals surface area contributed by atoms with Crippen molar-refractivity contribution < 1.29 is 14.3 Å². The second kappa shape index (κ2) is 8.27. The lowest BCUT2D eigenvalue weighted by Crippen LogP contribution is -2.20. The molecule has 3 rings (SSSR count). The molecule has 4 nitrogen and oxygen atoms in total. The summed E-state index contributed by atoms with van der Waals surface area (Å²) >= 11 is 1.47. The molecule has 1 aromatic heterocycles. The van der Waals surface area contributed by atoms with E-state index in [1.807, 2.05) is 23.6 Å². The molecule has 0 aliphatic carbocycles. The van der Waals surface area contributed by atoms with E-state index in [0.29, 0.717) is 17.0 Å². The summed E-state index contributed by atoms with van der Waals surface area (Å²) in [5, 5.41) is 4.68. The topological polar surface area (TPSA) is 55.4 Å². The lowest BCUT2D eigenvalue weighted by Gasteiger charge is -2.09. The number of methoxy groups -OCH3 is 1. The fourth-order valence-electron chi connectivity index (χ4n) is 2.39. The van der Waals surface area contributed by atoms with E-state index in [-0.39, 0.29) is 11.4 Å². The van der Waals surface area contributed by atoms with Crippen LogP contribution < -0.4 is 10.1 Å². The summed E-state index contributed by atoms with van der Waals surface area (Å²) in [6.07, 6.45) is 1.62. The van der Waals surface area contributed by atoms with Crippen molar-refractivity contribution in [3.8, 4) is 5.75 Å². The number of carbonyl (C=O) groups is 2. The van der Waals surface area contributed by atoms with Crippen LogP contribution in [0.3, 0.4) is 0 Å². The van der Waals surface area contributed by atoms with Crippen LogP contribution in [0.1, 0.15) is 15.2 Å². The van der Waals surface area contributed by atoms with Gasteiger partial charge in [0.05, 0.1) is 12.7 Å². The summed E-state index contributed by atoms with van der Waals surface area (Å²) in [6.45, 7) is 0. The van der Waals surface area contributed by atoms with Crippen LogP contribution in [0.25, 0.3) is 6.08 Å². The van der Waals surface area contributed by atoms with Gasteiger partial charge in [0.2, 0.25) is 0 Å². The van der Waals surface area contributed by atoms with Gasteiger partial charge in [-0.05, 0) is 29.7 Å². The van der Waals surface area contributed by atoms with Crippen LogP contribution in [0.4, 0.5) is 5.69 Å². The van der Waals surface area contributed by atoms with Crippen molar-refractivity contribution in [2.24, 2.45) is 0 Å². The normalized spacial score (nSPS) is 11.0. The SMILES string of the molecule is COc1cccc(NC(=O)/C(=C/c2cccs2)C(=O)c2ccccc2)c1. The Morgan fingerprint density at radius 3 is 2.50 bits per heavy atom. The van der Waals surface area contributed by atoms with Gasteiger partial charge in [-0.3, -0.25) is 9.59 Å². The van der Waals surface area contributed by atoms with E-state index >= 15 is 0 Å². The van der Waals surface area contributed by atoms with Crippen molar-refractivity contribution in [1.29, 1.82) is 0 Å². The molecule has 0 radical (unpaired) electrons. The molecule has 0 spiro atoms. The second-order valence-electron chi connectivity index (χ2n) is 5.45. The lowest BCUT2D eigenvalue weighted by molar-refractivity contribution is -0.112. The first-order valence-corrected chi connectivity index (χ1v) is 8.85. The number of rotatable bonds is 6. The first-order valence-electron chi connectivity index (χ1n) is 7.98. The number of hydrogen-bond donors (Lipinski definition) is 1. The Kier molecular flexibility index (Phi) is 5.61. The molecular weight excluding hydrogens is 346 g/mol. The Morgan fingerprint density at radius 1 is 1.00 bits per heavy atom. The molecule has 0 aliphatic heterocycles. The number of anilines is 1. The Morgan fingerprint density at radius 2 is 1.81 bits per heavy atom. The largest absolute Gasteiger partial charge is 0.497 e. The van der Waals surface area contributed by atoms with E-state index in [1.54, 1.807) is 61.7 Å². The molecule has 130 valence electrons. The first kappa shape index (κ1) is 17.6. The van der Waals surface area contributed by atoms with Crippen LogP contribution in [0.2, 0.25) is 0 Å². The number of Topliss-reactive ketones (excluding diaryl/α,β-unsaturated/α-hetero) is 1. The molecule has 0 saturated carbocycles. The molecule has 1 heterocycles. The van der Waals surface area contributed by atoms with Gasteiger partial charge in [0.25, 0.3) is 5.91 Å². The molecule has 1 amide bonds. The standard InChI is InChI=1S/C21H17NO3S/c1-25-17-10-5-9-16(13-17)22-21(24)19(14-18-11-6-12-26-18)20(23)15-7-3-2-4-8-15/h2-14H,1H3,(H,22,24)/b19-14+. The van der Waals surface area contributed by atoms with Crippen LogP contribution in [0.15, 0.2) is 77.7 Å². The van der Waals surface area contributed by atoms with Gasteiger partial charge >= 0.3 is 0 Å². The smallest absolute Gasteiger partial charge is 0.259 e. The number of thiophene rings is 1. The average Bonchev–Trinajstić information content (AvgIpc) is 3.19. The van der Waals surface area contributed by atoms with E-state index in [4.69, 9.17) is 4.74 Å². The molecular formula is C21H17NO3S. The van der Waals surface area contributed by atoms with Crippen molar-refractivity contribution >= 4 is 34.8 Å². The molecule has 0 unspecified atom stereocenters. The first-order chi connectivity index (χ1) is 12.7. The van der Waals surface area contributed by atoms with Crippen molar-refractivity contribution in [2.75, 3.05) is 12.4 Å². The summed E-state index contributed by atoms with van der Waals surface area (Å²) in [7, 11) is 1.56. The molecule has 26 heavy (non-hydrogen) atoms. The highest BCUT2D eigenvalue weighted by molar-refractivity contribution is 7.10. The van der Waals surface area contributed by atoms with Crippen LogP contribution in [-0.2, 0) is 4.79 Å². The Balaban J connectivity index is 1.92. The fourth-order valence-corrected chi connectivity index (χ4v) is 3.05. The van der Waals surface area contributed by atoms with E-state index in [1.165, 1.54) is 11.3 Å². The molecule has 1 N–H and O–H groups in total. The van der Waals surface area contributed by atoms with Crippen molar-refractivity contribution in [2.45, 2.75) is 0 Å². The maximum absolute atomic E-state index is 12.9. The molecule has 2 aromatic carbocycles. The van der Waals surface area contributed by atoms with Gasteiger partial charge in [0, 0.05) is 22.2 Å². The van der Waals surface area contributed by atoms with E-state index in [2.05, 4.69) is 5.32 Å². The van der Waals surface area contributed by atoms with E-state index in [0.717, 1.165) is 4.88 Å². The van der Waals surface area contributed by atoms with E-state index < -0.39 is 5.91 Å². The third-order valence-electron chi connectivity index (χ3n) is 3.68. The van der Waals surface area contributed by atoms with Gasteiger partial charge in [0.15, 0.2) is 5.78 Å². The number of hydrogen-bond acceptors (Lipinski definition) is 4. The fraction of sp³-hybridized carbons (Fsp3) is 0.0476. The third kappa shape index (κ3) is 4.26. The van der Waals surface area contributed by atoms with Gasteiger partial charge in [0.1, 0.15) is 5.75 Å². The molecule has 0 fully saturated rings. The predicted molar refractivity (Wildman–Crippen MR) is 105 cm³/mol. The van der Waals surface area contributed by atoms with E-state index in [9.17, 15) is 9.59 Å². The number of nitrogens with one attached hydrogen (secondary N) is 1. The van der Waals surface area contributed by atoms with Gasteiger partial charge < -0.3 is 10.1 Å².